The molecule has 0 saturated carbocycles. The summed E-state index contributed by atoms with van der Waals surface area (Å²) in [6, 6.07) is 14.6. The maximum Gasteiger partial charge on any atom is 0.573 e. The molecule has 0 bridgehead atoms. The van der Waals surface area contributed by atoms with Crippen molar-refractivity contribution in [2.24, 2.45) is 0 Å². The van der Waals surface area contributed by atoms with Gasteiger partial charge in [-0.2, -0.15) is 0 Å². The number of carbonyl (C=O) groups excluding carboxylic acids is 2. The van der Waals surface area contributed by atoms with E-state index < -0.39 is 12.3 Å². The van der Waals surface area contributed by atoms with E-state index in [0.29, 0.717) is 12.2 Å². The summed E-state index contributed by atoms with van der Waals surface area (Å²) in [4.78, 5) is 25.7. The van der Waals surface area contributed by atoms with Gasteiger partial charge in [0.25, 0.3) is 0 Å². The molecule has 2 aromatic rings. The molecule has 0 aliphatic rings. The van der Waals surface area contributed by atoms with Gasteiger partial charge in [0.2, 0.25) is 11.8 Å². The summed E-state index contributed by atoms with van der Waals surface area (Å²) < 4.78 is 40.2. The first-order chi connectivity index (χ1) is 14.1. The number of benzene rings is 2. The molecule has 0 saturated heterocycles. The van der Waals surface area contributed by atoms with Crippen molar-refractivity contribution in [2.75, 3.05) is 32.0 Å². The summed E-state index contributed by atoms with van der Waals surface area (Å²) in [5.41, 5.74) is 1.45. The van der Waals surface area contributed by atoms with Crippen LogP contribution >= 0.6 is 0 Å². The van der Waals surface area contributed by atoms with Gasteiger partial charge in [-0.1, -0.05) is 37.3 Å². The van der Waals surface area contributed by atoms with Crippen LogP contribution in [0.25, 0.3) is 0 Å². The molecule has 0 heterocycles. The monoisotopic (exact) mass is 423 g/mol. The molecule has 162 valence electrons. The van der Waals surface area contributed by atoms with Crippen molar-refractivity contribution >= 4 is 17.5 Å². The Morgan fingerprint density at radius 2 is 1.60 bits per heavy atom. The fraction of sp³-hybridized carbons (Fsp3) is 0.333. The molecule has 6 nitrogen and oxygen atoms in total. The fourth-order valence-corrected chi connectivity index (χ4v) is 2.71. The van der Waals surface area contributed by atoms with Crippen LogP contribution in [0, 0.1) is 0 Å². The number of nitrogens with zero attached hydrogens (tertiary/aromatic N) is 1. The van der Waals surface area contributed by atoms with Crippen LogP contribution < -0.4 is 15.4 Å². The molecule has 9 heteroatoms. The highest BCUT2D eigenvalue weighted by Crippen LogP contribution is 2.23. The van der Waals surface area contributed by atoms with Crippen molar-refractivity contribution in [3.63, 3.8) is 0 Å². The van der Waals surface area contributed by atoms with Gasteiger partial charge in [0.1, 0.15) is 5.75 Å². The van der Waals surface area contributed by atoms with Crippen LogP contribution in [0.3, 0.4) is 0 Å². The van der Waals surface area contributed by atoms with Crippen LogP contribution in [-0.2, 0) is 9.59 Å². The van der Waals surface area contributed by atoms with Crippen LogP contribution in [-0.4, -0.2) is 49.8 Å². The molecule has 2 rings (SSSR count). The van der Waals surface area contributed by atoms with E-state index >= 15 is 0 Å². The van der Waals surface area contributed by atoms with Crippen molar-refractivity contribution in [1.29, 1.82) is 0 Å². The zero-order chi connectivity index (χ0) is 22.1. The average Bonchev–Trinajstić information content (AvgIpc) is 2.67. The van der Waals surface area contributed by atoms with Crippen LogP contribution in [0.4, 0.5) is 18.9 Å². The van der Waals surface area contributed by atoms with E-state index in [2.05, 4.69) is 15.4 Å². The Hall–Kier alpha value is -3.07. The van der Waals surface area contributed by atoms with Gasteiger partial charge < -0.3 is 15.4 Å². The van der Waals surface area contributed by atoms with E-state index in [-0.39, 0.29) is 30.7 Å². The second-order valence-electron chi connectivity index (χ2n) is 6.91. The highest BCUT2D eigenvalue weighted by molar-refractivity contribution is 5.92. The summed E-state index contributed by atoms with van der Waals surface area (Å²) >= 11 is 0. The standard InChI is InChI=1S/C21H24F3N3O3/c1-15(16-6-4-3-5-7-16)12-25-19(28)13-27(2)14-20(29)26-17-8-10-18(11-9-17)30-21(22,23)24/h3-11,15H,12-14H2,1-2H3,(H,25,28)(H,26,29)/t15-/m1/s1. The number of hydrogen-bond acceptors (Lipinski definition) is 4. The van der Waals surface area contributed by atoms with E-state index in [9.17, 15) is 22.8 Å². The quantitative estimate of drug-likeness (QED) is 0.649. The molecule has 0 radical (unpaired) electrons. The molecule has 1 atom stereocenters. The summed E-state index contributed by atoms with van der Waals surface area (Å²) in [5, 5.41) is 5.40. The maximum atomic E-state index is 12.2. The third-order valence-electron chi connectivity index (χ3n) is 4.17. The second kappa shape index (κ2) is 10.6. The van der Waals surface area contributed by atoms with Gasteiger partial charge in [-0.15, -0.1) is 13.2 Å². The minimum Gasteiger partial charge on any atom is -0.406 e. The third-order valence-corrected chi connectivity index (χ3v) is 4.17. The minimum absolute atomic E-state index is 0.0350. The first-order valence-corrected chi connectivity index (χ1v) is 9.28. The number of nitrogens with one attached hydrogen (secondary N) is 2. The summed E-state index contributed by atoms with van der Waals surface area (Å²) in [6.07, 6.45) is -4.77. The molecule has 0 unspecified atom stereocenters. The Morgan fingerprint density at radius 1 is 1.00 bits per heavy atom. The van der Waals surface area contributed by atoms with E-state index in [1.165, 1.54) is 12.1 Å². The smallest absolute Gasteiger partial charge is 0.406 e. The molecule has 2 amide bonds. The number of carbonyl (C=O) groups is 2. The van der Waals surface area contributed by atoms with Gasteiger partial charge in [0, 0.05) is 12.2 Å². The topological polar surface area (TPSA) is 70.7 Å². The Morgan fingerprint density at radius 3 is 2.20 bits per heavy atom. The highest BCUT2D eigenvalue weighted by Gasteiger charge is 2.30. The van der Waals surface area contributed by atoms with Gasteiger partial charge in [-0.3, -0.25) is 14.5 Å². The zero-order valence-electron chi connectivity index (χ0n) is 16.7. The Kier molecular flexibility index (Phi) is 8.23. The Balaban J connectivity index is 1.72. The lowest BCUT2D eigenvalue weighted by Crippen LogP contribution is -2.39. The van der Waals surface area contributed by atoms with Crippen LogP contribution in [0.1, 0.15) is 18.4 Å². The number of rotatable bonds is 9. The molecule has 30 heavy (non-hydrogen) atoms. The number of hydrogen-bond donors (Lipinski definition) is 2. The normalized spacial score (nSPS) is 12.3. The summed E-state index contributed by atoms with van der Waals surface area (Å²) in [7, 11) is 1.63. The van der Waals surface area contributed by atoms with Crippen molar-refractivity contribution in [2.45, 2.75) is 19.2 Å². The first-order valence-electron chi connectivity index (χ1n) is 9.28. The number of likely N-dealkylation sites (N-methyl/N-ethyl adjacent to an activating group) is 1. The van der Waals surface area contributed by atoms with E-state index in [0.717, 1.165) is 17.7 Å². The van der Waals surface area contributed by atoms with E-state index in [1.54, 1.807) is 11.9 Å². The lowest BCUT2D eigenvalue weighted by Gasteiger charge is -2.18. The van der Waals surface area contributed by atoms with Gasteiger partial charge in [0.15, 0.2) is 0 Å². The second-order valence-corrected chi connectivity index (χ2v) is 6.91. The molecule has 2 aromatic carbocycles. The molecule has 0 spiro atoms. The summed E-state index contributed by atoms with van der Waals surface area (Å²) in [5.74, 6) is -0.818. The fourth-order valence-electron chi connectivity index (χ4n) is 2.71. The number of halogens is 3. The van der Waals surface area contributed by atoms with E-state index in [1.807, 2.05) is 37.3 Å². The van der Waals surface area contributed by atoms with Crippen molar-refractivity contribution in [1.82, 2.24) is 10.2 Å². The Bertz CT molecular complexity index is 827. The van der Waals surface area contributed by atoms with Crippen LogP contribution in [0.5, 0.6) is 5.75 Å². The van der Waals surface area contributed by atoms with Crippen LogP contribution in [0.15, 0.2) is 54.6 Å². The van der Waals surface area contributed by atoms with Crippen molar-refractivity contribution in [3.8, 4) is 5.75 Å². The number of alkyl halides is 3. The van der Waals surface area contributed by atoms with Gasteiger partial charge >= 0.3 is 6.36 Å². The SMILES string of the molecule is C[C@H](CNC(=O)CN(C)CC(=O)Nc1ccc(OC(F)(F)F)cc1)c1ccccc1. The highest BCUT2D eigenvalue weighted by atomic mass is 19.4. The van der Waals surface area contributed by atoms with Gasteiger partial charge in [-0.05, 0) is 42.8 Å². The van der Waals surface area contributed by atoms with Gasteiger partial charge in [-0.25, -0.2) is 0 Å². The lowest BCUT2D eigenvalue weighted by atomic mass is 10.0. The summed E-state index contributed by atoms with van der Waals surface area (Å²) in [6.45, 7) is 2.47. The molecule has 2 N–H and O–H groups in total. The minimum atomic E-state index is -4.77. The maximum absolute atomic E-state index is 12.2. The average molecular weight is 423 g/mol. The van der Waals surface area contributed by atoms with Crippen molar-refractivity contribution in [3.05, 3.63) is 60.2 Å². The molecule has 0 aromatic heterocycles. The molecular formula is C21H24F3N3O3. The molecule has 0 aliphatic heterocycles. The zero-order valence-corrected chi connectivity index (χ0v) is 16.7. The number of ether oxygens (including phenoxy) is 1. The molecule has 0 fully saturated rings. The number of anilines is 1. The predicted molar refractivity (Wildman–Crippen MR) is 107 cm³/mol. The van der Waals surface area contributed by atoms with Crippen LogP contribution in [0.2, 0.25) is 0 Å². The van der Waals surface area contributed by atoms with Crippen molar-refractivity contribution < 1.29 is 27.5 Å². The van der Waals surface area contributed by atoms with E-state index in [4.69, 9.17) is 0 Å². The molecule has 0 aliphatic carbocycles. The lowest BCUT2D eigenvalue weighted by molar-refractivity contribution is -0.274. The first kappa shape index (κ1) is 23.2. The third kappa shape index (κ3) is 8.52. The van der Waals surface area contributed by atoms with Gasteiger partial charge in [0.05, 0.1) is 13.1 Å². The number of amides is 2. The molecular weight excluding hydrogens is 399 g/mol. The Labute approximate surface area is 173 Å². The predicted octanol–water partition coefficient (Wildman–Crippen LogP) is 3.38. The largest absolute Gasteiger partial charge is 0.573 e.